The predicted molar refractivity (Wildman–Crippen MR) is 237 cm³/mol. The van der Waals surface area contributed by atoms with Crippen molar-refractivity contribution in [2.24, 2.45) is 0 Å². The molecule has 2 nitrogen and oxygen atoms in total. The van der Waals surface area contributed by atoms with Crippen LogP contribution >= 0.6 is 0 Å². The molecule has 0 spiro atoms. The number of rotatable bonds is 6. The molecule has 9 aromatic carbocycles. The molecule has 0 bridgehead atoms. The normalized spacial score (nSPS) is 11.6. The van der Waals surface area contributed by atoms with Crippen molar-refractivity contribution in [2.75, 3.05) is 0 Å². The monoisotopic (exact) mass is 712 g/mol. The molecular formula is C54H36N2. The lowest BCUT2D eigenvalue weighted by Crippen LogP contribution is -1.94. The number of aromatic nitrogens is 2. The first-order chi connectivity index (χ1) is 27.8. The lowest BCUT2D eigenvalue weighted by molar-refractivity contribution is 1.18. The van der Waals surface area contributed by atoms with Gasteiger partial charge in [-0.15, -0.1) is 0 Å². The Morgan fingerprint density at radius 2 is 0.536 bits per heavy atom. The lowest BCUT2D eigenvalue weighted by Gasteiger charge is -2.11. The molecule has 0 fully saturated rings. The number of para-hydroxylation sites is 2. The zero-order chi connectivity index (χ0) is 37.0. The van der Waals surface area contributed by atoms with Gasteiger partial charge in [-0.2, -0.15) is 0 Å². The largest absolute Gasteiger partial charge is 0.309 e. The third-order valence-electron chi connectivity index (χ3n) is 11.3. The van der Waals surface area contributed by atoms with Gasteiger partial charge in [0, 0.05) is 32.9 Å². The molecule has 2 heterocycles. The highest BCUT2D eigenvalue weighted by Crippen LogP contribution is 2.40. The van der Waals surface area contributed by atoms with E-state index in [4.69, 9.17) is 0 Å². The van der Waals surface area contributed by atoms with Crippen molar-refractivity contribution in [3.8, 4) is 55.9 Å². The zero-order valence-corrected chi connectivity index (χ0v) is 30.7. The Hall–Kier alpha value is -7.42. The van der Waals surface area contributed by atoms with Crippen molar-refractivity contribution >= 4 is 43.6 Å². The molecule has 0 aliphatic heterocycles. The summed E-state index contributed by atoms with van der Waals surface area (Å²) in [5.74, 6) is 0. The fraction of sp³-hybridized carbons (Fsp3) is 0. The van der Waals surface area contributed by atoms with Crippen molar-refractivity contribution in [3.05, 3.63) is 218 Å². The molecule has 2 aromatic heterocycles. The molecule has 0 aliphatic rings. The topological polar surface area (TPSA) is 9.86 Å². The van der Waals surface area contributed by atoms with Crippen LogP contribution in [0.5, 0.6) is 0 Å². The summed E-state index contributed by atoms with van der Waals surface area (Å²) in [4.78, 5) is 0. The molecule has 0 unspecified atom stereocenters. The minimum atomic E-state index is 1.14. The van der Waals surface area contributed by atoms with E-state index in [9.17, 15) is 0 Å². The van der Waals surface area contributed by atoms with Crippen molar-refractivity contribution < 1.29 is 0 Å². The van der Waals surface area contributed by atoms with Crippen LogP contribution in [-0.4, -0.2) is 9.13 Å². The third-order valence-corrected chi connectivity index (χ3v) is 11.3. The van der Waals surface area contributed by atoms with E-state index in [1.165, 1.54) is 93.8 Å². The van der Waals surface area contributed by atoms with Crippen LogP contribution in [0.15, 0.2) is 218 Å². The first kappa shape index (κ1) is 32.0. The van der Waals surface area contributed by atoms with Gasteiger partial charge >= 0.3 is 0 Å². The van der Waals surface area contributed by atoms with Gasteiger partial charge in [0.05, 0.1) is 22.1 Å². The molecule has 0 saturated carbocycles. The predicted octanol–water partition coefficient (Wildman–Crippen LogP) is 14.5. The van der Waals surface area contributed by atoms with Crippen LogP contribution in [0.1, 0.15) is 0 Å². The van der Waals surface area contributed by atoms with Gasteiger partial charge in [0.2, 0.25) is 0 Å². The zero-order valence-electron chi connectivity index (χ0n) is 30.7. The quantitative estimate of drug-likeness (QED) is 0.162. The van der Waals surface area contributed by atoms with Gasteiger partial charge in [0.25, 0.3) is 0 Å². The van der Waals surface area contributed by atoms with Crippen LogP contribution < -0.4 is 0 Å². The molecule has 2 heteroatoms. The van der Waals surface area contributed by atoms with Crippen LogP contribution in [0.25, 0.3) is 99.5 Å². The minimum absolute atomic E-state index is 1.14. The first-order valence-corrected chi connectivity index (χ1v) is 19.3. The fourth-order valence-corrected chi connectivity index (χ4v) is 8.61. The van der Waals surface area contributed by atoms with E-state index in [0.29, 0.717) is 0 Å². The van der Waals surface area contributed by atoms with E-state index < -0.39 is 0 Å². The van der Waals surface area contributed by atoms with Crippen LogP contribution in [-0.2, 0) is 0 Å². The van der Waals surface area contributed by atoms with E-state index in [1.54, 1.807) is 0 Å². The summed E-state index contributed by atoms with van der Waals surface area (Å²) >= 11 is 0. The average molecular weight is 713 g/mol. The molecule has 11 rings (SSSR count). The van der Waals surface area contributed by atoms with Crippen LogP contribution in [0.3, 0.4) is 0 Å². The van der Waals surface area contributed by atoms with Gasteiger partial charge < -0.3 is 9.13 Å². The maximum Gasteiger partial charge on any atom is 0.0541 e. The maximum absolute atomic E-state index is 2.42. The summed E-state index contributed by atoms with van der Waals surface area (Å²) < 4.78 is 4.80. The van der Waals surface area contributed by atoms with Crippen molar-refractivity contribution in [3.63, 3.8) is 0 Å². The number of nitrogens with zero attached hydrogens (tertiary/aromatic N) is 2. The van der Waals surface area contributed by atoms with Crippen molar-refractivity contribution in [1.82, 2.24) is 9.13 Å². The number of benzene rings is 9. The van der Waals surface area contributed by atoms with Gasteiger partial charge in [-0.3, -0.25) is 0 Å². The number of hydrogen-bond acceptors (Lipinski definition) is 0. The second-order valence-corrected chi connectivity index (χ2v) is 14.6. The van der Waals surface area contributed by atoms with E-state index in [2.05, 4.69) is 228 Å². The standard InChI is InChI=1S/C54H36N2/c1-4-13-37(14-5-1)39-23-28-46(29-24-39)56-53-31-25-42(41-18-12-17-40(33-41)38-15-6-2-7-16-38)35-49(53)50-36-44(27-32-54(50)56)43-26-30-52-48(34-43)47-21-10-11-22-51(47)55(52)45-19-8-3-9-20-45/h1-36H. The number of hydrogen-bond donors (Lipinski definition) is 0. The molecular weight excluding hydrogens is 677 g/mol. The first-order valence-electron chi connectivity index (χ1n) is 19.3. The second kappa shape index (κ2) is 13.2. The minimum Gasteiger partial charge on any atom is -0.309 e. The molecule has 262 valence electrons. The van der Waals surface area contributed by atoms with Crippen LogP contribution in [0, 0.1) is 0 Å². The van der Waals surface area contributed by atoms with Gasteiger partial charge in [0.1, 0.15) is 0 Å². The fourth-order valence-electron chi connectivity index (χ4n) is 8.61. The smallest absolute Gasteiger partial charge is 0.0541 e. The molecule has 0 atom stereocenters. The highest BCUT2D eigenvalue weighted by molar-refractivity contribution is 6.13. The highest BCUT2D eigenvalue weighted by atomic mass is 15.0. The van der Waals surface area contributed by atoms with Crippen LogP contribution in [0.4, 0.5) is 0 Å². The summed E-state index contributed by atoms with van der Waals surface area (Å²) in [6.07, 6.45) is 0. The summed E-state index contributed by atoms with van der Waals surface area (Å²) in [7, 11) is 0. The summed E-state index contributed by atoms with van der Waals surface area (Å²) in [5.41, 5.74) is 16.8. The number of fused-ring (bicyclic) bond motifs is 6. The third kappa shape index (κ3) is 5.34. The second-order valence-electron chi connectivity index (χ2n) is 14.6. The van der Waals surface area contributed by atoms with Gasteiger partial charge in [-0.05, 0) is 117 Å². The van der Waals surface area contributed by atoms with Crippen LogP contribution in [0.2, 0.25) is 0 Å². The van der Waals surface area contributed by atoms with E-state index in [0.717, 1.165) is 5.69 Å². The lowest BCUT2D eigenvalue weighted by atomic mass is 9.97. The molecule has 56 heavy (non-hydrogen) atoms. The molecule has 0 radical (unpaired) electrons. The van der Waals surface area contributed by atoms with Gasteiger partial charge in [-0.1, -0.05) is 146 Å². The van der Waals surface area contributed by atoms with Gasteiger partial charge in [-0.25, -0.2) is 0 Å². The Morgan fingerprint density at radius 3 is 1.09 bits per heavy atom. The maximum atomic E-state index is 2.42. The van der Waals surface area contributed by atoms with E-state index >= 15 is 0 Å². The van der Waals surface area contributed by atoms with E-state index in [-0.39, 0.29) is 0 Å². The molecule has 11 aromatic rings. The SMILES string of the molecule is c1ccc(-c2ccc(-n3c4ccc(-c5cccc(-c6ccccc6)c5)cc4c4cc(-c5ccc6c(c5)c5ccccc5n6-c5ccccc5)ccc43)cc2)cc1. The Labute approximate surface area is 325 Å². The Morgan fingerprint density at radius 1 is 0.196 bits per heavy atom. The molecule has 0 aliphatic carbocycles. The molecule has 0 saturated heterocycles. The Kier molecular flexibility index (Phi) is 7.53. The summed E-state index contributed by atoms with van der Waals surface area (Å²) in [6.45, 7) is 0. The highest BCUT2D eigenvalue weighted by Gasteiger charge is 2.17. The average Bonchev–Trinajstić information content (AvgIpc) is 3.79. The Bertz CT molecular complexity index is 3210. The molecule has 0 N–H and O–H groups in total. The summed E-state index contributed by atoms with van der Waals surface area (Å²) in [6, 6.07) is 79.4. The van der Waals surface area contributed by atoms with Crippen molar-refractivity contribution in [2.45, 2.75) is 0 Å². The molecule has 0 amide bonds. The summed E-state index contributed by atoms with van der Waals surface area (Å²) in [5, 5.41) is 4.98. The Balaban J connectivity index is 1.09. The van der Waals surface area contributed by atoms with E-state index in [1.807, 2.05) is 0 Å². The van der Waals surface area contributed by atoms with Gasteiger partial charge in [0.15, 0.2) is 0 Å². The van der Waals surface area contributed by atoms with Crippen molar-refractivity contribution in [1.29, 1.82) is 0 Å².